The van der Waals surface area contributed by atoms with Gasteiger partial charge in [-0.05, 0) is 30.7 Å². The van der Waals surface area contributed by atoms with Crippen LogP contribution in [-0.2, 0) is 0 Å². The second kappa shape index (κ2) is 6.13. The highest BCUT2D eigenvalue weighted by molar-refractivity contribution is 5.94. The number of halogens is 5. The first-order valence-corrected chi connectivity index (χ1v) is 6.20. The summed E-state index contributed by atoms with van der Waals surface area (Å²) in [5.41, 5.74) is -0.455. The normalized spacial score (nSPS) is 12.1. The number of carbonyl (C=O) groups excluding carboxylic acids is 1. The lowest BCUT2D eigenvalue weighted by atomic mass is 10.1. The topological polar surface area (TPSA) is 29.1 Å². The van der Waals surface area contributed by atoms with Crippen molar-refractivity contribution in [1.82, 2.24) is 5.32 Å². The van der Waals surface area contributed by atoms with Crippen LogP contribution in [-0.4, -0.2) is 5.91 Å². The largest absolute Gasteiger partial charge is 0.345 e. The Bertz CT molecular complexity index is 715. The number of amides is 1. The summed E-state index contributed by atoms with van der Waals surface area (Å²) in [6.07, 6.45) is 0. The lowest BCUT2D eigenvalue weighted by Crippen LogP contribution is -2.28. The molecule has 0 aliphatic carbocycles. The van der Waals surface area contributed by atoms with Gasteiger partial charge in [0.1, 0.15) is 5.82 Å². The first kappa shape index (κ1) is 15.9. The Labute approximate surface area is 122 Å². The van der Waals surface area contributed by atoms with Crippen LogP contribution in [0.15, 0.2) is 30.3 Å². The fraction of sp³-hybridized carbons (Fsp3) is 0.133. The summed E-state index contributed by atoms with van der Waals surface area (Å²) in [7, 11) is 0. The summed E-state index contributed by atoms with van der Waals surface area (Å²) in [6, 6.07) is 4.71. The zero-order valence-corrected chi connectivity index (χ0v) is 11.3. The van der Waals surface area contributed by atoms with Gasteiger partial charge in [0.25, 0.3) is 5.91 Å². The molecule has 7 heteroatoms. The lowest BCUT2D eigenvalue weighted by molar-refractivity contribution is 0.0933. The monoisotopic (exact) mass is 315 g/mol. The first-order valence-electron chi connectivity index (χ1n) is 6.20. The summed E-state index contributed by atoms with van der Waals surface area (Å²) in [5.74, 6) is -9.08. The minimum Gasteiger partial charge on any atom is -0.345 e. The van der Waals surface area contributed by atoms with Crippen LogP contribution in [0.1, 0.15) is 28.9 Å². The van der Waals surface area contributed by atoms with E-state index in [1.165, 1.54) is 19.1 Å². The van der Waals surface area contributed by atoms with Gasteiger partial charge in [0.15, 0.2) is 23.3 Å². The van der Waals surface area contributed by atoms with Gasteiger partial charge in [0, 0.05) is 0 Å². The number of nitrogens with one attached hydrogen (secondary N) is 1. The highest BCUT2D eigenvalue weighted by Crippen LogP contribution is 2.20. The van der Waals surface area contributed by atoms with Crippen LogP contribution >= 0.6 is 0 Å². The van der Waals surface area contributed by atoms with Gasteiger partial charge < -0.3 is 5.32 Å². The highest BCUT2D eigenvalue weighted by atomic mass is 19.2. The van der Waals surface area contributed by atoms with Gasteiger partial charge in [0.2, 0.25) is 0 Å². The predicted molar refractivity (Wildman–Crippen MR) is 68.6 cm³/mol. The molecule has 0 saturated carbocycles. The predicted octanol–water partition coefficient (Wildman–Crippen LogP) is 3.87. The van der Waals surface area contributed by atoms with Crippen LogP contribution in [0.2, 0.25) is 0 Å². The third-order valence-corrected chi connectivity index (χ3v) is 3.06. The van der Waals surface area contributed by atoms with E-state index in [0.29, 0.717) is 5.56 Å². The fourth-order valence-corrected chi connectivity index (χ4v) is 1.85. The Kier molecular flexibility index (Phi) is 4.44. The number of hydrogen-bond acceptors (Lipinski definition) is 1. The molecule has 0 aliphatic heterocycles. The Morgan fingerprint density at radius 3 is 2.14 bits per heavy atom. The summed E-state index contributed by atoms with van der Waals surface area (Å²) in [4.78, 5) is 11.9. The average Bonchev–Trinajstić information content (AvgIpc) is 2.49. The van der Waals surface area contributed by atoms with Gasteiger partial charge in [-0.15, -0.1) is 0 Å². The van der Waals surface area contributed by atoms with E-state index >= 15 is 0 Å². The van der Waals surface area contributed by atoms with E-state index in [-0.39, 0.29) is 6.07 Å². The van der Waals surface area contributed by atoms with Gasteiger partial charge in [-0.1, -0.05) is 12.1 Å². The van der Waals surface area contributed by atoms with Gasteiger partial charge in [0.05, 0.1) is 11.6 Å². The molecule has 2 aromatic rings. The second-order valence-corrected chi connectivity index (χ2v) is 4.59. The number of benzene rings is 2. The van der Waals surface area contributed by atoms with Crippen LogP contribution in [0.3, 0.4) is 0 Å². The molecule has 1 atom stereocenters. The molecule has 0 aliphatic rings. The third kappa shape index (κ3) is 3.08. The van der Waals surface area contributed by atoms with Gasteiger partial charge in [-0.2, -0.15) is 0 Å². The SMILES string of the molecule is C[C@@H](NC(=O)c1cc(F)c(F)c(F)c1F)c1ccc(F)cc1. The minimum atomic E-state index is -2.06. The van der Waals surface area contributed by atoms with Crippen molar-refractivity contribution in [2.45, 2.75) is 13.0 Å². The fourth-order valence-electron chi connectivity index (χ4n) is 1.85. The van der Waals surface area contributed by atoms with E-state index in [4.69, 9.17) is 0 Å². The maximum absolute atomic E-state index is 13.5. The van der Waals surface area contributed by atoms with E-state index < -0.39 is 46.6 Å². The van der Waals surface area contributed by atoms with Crippen LogP contribution in [0.4, 0.5) is 22.0 Å². The number of carbonyl (C=O) groups is 1. The van der Waals surface area contributed by atoms with E-state index in [2.05, 4.69) is 5.32 Å². The van der Waals surface area contributed by atoms with Crippen LogP contribution in [0.25, 0.3) is 0 Å². The Morgan fingerprint density at radius 2 is 1.55 bits per heavy atom. The summed E-state index contributed by atoms with van der Waals surface area (Å²) in [6.45, 7) is 1.51. The van der Waals surface area contributed by atoms with Crippen LogP contribution < -0.4 is 5.32 Å². The summed E-state index contributed by atoms with van der Waals surface area (Å²) in [5, 5.41) is 2.29. The van der Waals surface area contributed by atoms with Crippen molar-refractivity contribution < 1.29 is 26.7 Å². The molecule has 1 amide bonds. The molecule has 0 heterocycles. The van der Waals surface area contributed by atoms with Crippen LogP contribution in [0, 0.1) is 29.1 Å². The second-order valence-electron chi connectivity index (χ2n) is 4.59. The molecular formula is C15H10F5NO. The maximum atomic E-state index is 13.5. The minimum absolute atomic E-state index is 0.278. The molecule has 0 unspecified atom stereocenters. The van der Waals surface area contributed by atoms with E-state index in [0.717, 1.165) is 12.1 Å². The van der Waals surface area contributed by atoms with Crippen molar-refractivity contribution in [1.29, 1.82) is 0 Å². The van der Waals surface area contributed by atoms with Crippen molar-refractivity contribution in [3.05, 3.63) is 70.5 Å². The zero-order chi connectivity index (χ0) is 16.4. The molecule has 0 fully saturated rings. The van der Waals surface area contributed by atoms with Gasteiger partial charge >= 0.3 is 0 Å². The molecule has 22 heavy (non-hydrogen) atoms. The quantitative estimate of drug-likeness (QED) is 0.520. The molecule has 2 rings (SSSR count). The van der Waals surface area contributed by atoms with Crippen molar-refractivity contribution in [3.8, 4) is 0 Å². The molecule has 2 nitrogen and oxygen atoms in total. The molecule has 0 aromatic heterocycles. The summed E-state index contributed by atoms with van der Waals surface area (Å²) < 4.78 is 65.3. The Balaban J connectivity index is 2.24. The van der Waals surface area contributed by atoms with Crippen molar-refractivity contribution in [2.24, 2.45) is 0 Å². The van der Waals surface area contributed by atoms with E-state index in [1.54, 1.807) is 0 Å². The van der Waals surface area contributed by atoms with Crippen molar-refractivity contribution in [3.63, 3.8) is 0 Å². The number of hydrogen-bond donors (Lipinski definition) is 1. The van der Waals surface area contributed by atoms with Crippen LogP contribution in [0.5, 0.6) is 0 Å². The van der Waals surface area contributed by atoms with E-state index in [9.17, 15) is 26.7 Å². The van der Waals surface area contributed by atoms with Gasteiger partial charge in [-0.3, -0.25) is 4.79 Å². The molecule has 2 aromatic carbocycles. The molecule has 0 bridgehead atoms. The molecule has 0 radical (unpaired) electrons. The Hall–Kier alpha value is -2.44. The molecule has 0 spiro atoms. The maximum Gasteiger partial charge on any atom is 0.254 e. The van der Waals surface area contributed by atoms with Gasteiger partial charge in [-0.25, -0.2) is 22.0 Å². The lowest BCUT2D eigenvalue weighted by Gasteiger charge is -2.15. The standard InChI is InChI=1S/C15H10F5NO/c1-7(8-2-4-9(16)5-3-8)21-15(22)10-6-11(17)13(19)14(20)12(10)18/h2-7H,1H3,(H,21,22)/t7-/m1/s1. The van der Waals surface area contributed by atoms with Crippen molar-refractivity contribution >= 4 is 5.91 Å². The van der Waals surface area contributed by atoms with Crippen molar-refractivity contribution in [2.75, 3.05) is 0 Å². The number of rotatable bonds is 3. The Morgan fingerprint density at radius 1 is 0.955 bits per heavy atom. The first-order chi connectivity index (χ1) is 10.3. The third-order valence-electron chi connectivity index (χ3n) is 3.06. The molecular weight excluding hydrogens is 305 g/mol. The molecule has 0 saturated heterocycles. The highest BCUT2D eigenvalue weighted by Gasteiger charge is 2.23. The average molecular weight is 315 g/mol. The molecule has 116 valence electrons. The molecule has 1 N–H and O–H groups in total. The summed E-state index contributed by atoms with van der Waals surface area (Å²) >= 11 is 0. The van der Waals surface area contributed by atoms with E-state index in [1.807, 2.05) is 0 Å². The zero-order valence-electron chi connectivity index (χ0n) is 11.3. The smallest absolute Gasteiger partial charge is 0.254 e.